The average molecular weight is 439 g/mol. The van der Waals surface area contributed by atoms with Crippen molar-refractivity contribution in [3.63, 3.8) is 0 Å². The Kier molecular flexibility index (Phi) is 6.33. The summed E-state index contributed by atoms with van der Waals surface area (Å²) < 4.78 is 7.72. The molecule has 0 aliphatic carbocycles. The van der Waals surface area contributed by atoms with Gasteiger partial charge in [-0.3, -0.25) is 18.9 Å². The van der Waals surface area contributed by atoms with E-state index in [9.17, 15) is 19.8 Å². The van der Waals surface area contributed by atoms with Gasteiger partial charge < -0.3 is 20.1 Å². The van der Waals surface area contributed by atoms with Gasteiger partial charge in [0.05, 0.1) is 18.3 Å². The molecule has 0 spiro atoms. The number of hydrogen-bond acceptors (Lipinski definition) is 7. The molecule has 0 radical (unpaired) electrons. The van der Waals surface area contributed by atoms with Gasteiger partial charge >= 0.3 is 5.69 Å². The summed E-state index contributed by atoms with van der Waals surface area (Å²) in [6, 6.07) is 12.8. The van der Waals surface area contributed by atoms with Crippen molar-refractivity contribution >= 4 is 0 Å². The number of nitrogens with zero attached hydrogens (tertiary/aromatic N) is 3. The molecule has 168 valence electrons. The van der Waals surface area contributed by atoms with Crippen LogP contribution in [0.4, 0.5) is 0 Å². The van der Waals surface area contributed by atoms with Gasteiger partial charge in [-0.05, 0) is 36.1 Å². The summed E-state index contributed by atoms with van der Waals surface area (Å²) in [5.74, 6) is 0. The molecule has 9 nitrogen and oxygen atoms in total. The Bertz CT molecular complexity index is 1210. The molecule has 1 aliphatic heterocycles. The lowest BCUT2D eigenvalue weighted by atomic mass is 10.0. The predicted molar refractivity (Wildman–Crippen MR) is 116 cm³/mol. The van der Waals surface area contributed by atoms with Crippen molar-refractivity contribution in [3.8, 4) is 11.1 Å². The predicted octanol–water partition coefficient (Wildman–Crippen LogP) is 0.430. The molecular formula is C23H25N3O6. The van der Waals surface area contributed by atoms with Crippen LogP contribution in [0.3, 0.4) is 0 Å². The average Bonchev–Trinajstić information content (AvgIpc) is 3.07. The molecule has 0 amide bonds. The number of rotatable bonds is 6. The fourth-order valence-electron chi connectivity index (χ4n) is 4.01. The molecular weight excluding hydrogens is 414 g/mol. The van der Waals surface area contributed by atoms with E-state index >= 15 is 0 Å². The first-order valence-corrected chi connectivity index (χ1v) is 10.4. The van der Waals surface area contributed by atoms with Crippen molar-refractivity contribution in [3.05, 3.63) is 87.0 Å². The van der Waals surface area contributed by atoms with E-state index in [1.165, 1.54) is 12.3 Å². The van der Waals surface area contributed by atoms with Crippen LogP contribution in [0.5, 0.6) is 0 Å². The van der Waals surface area contributed by atoms with Crippen LogP contribution in [0.15, 0.2) is 64.4 Å². The number of benzene rings is 1. The van der Waals surface area contributed by atoms with Gasteiger partial charge in [0, 0.05) is 25.1 Å². The van der Waals surface area contributed by atoms with Gasteiger partial charge in [0.2, 0.25) is 0 Å². The van der Waals surface area contributed by atoms with Crippen LogP contribution in [-0.4, -0.2) is 54.4 Å². The van der Waals surface area contributed by atoms with Gasteiger partial charge in [0.15, 0.2) is 6.23 Å². The summed E-state index contributed by atoms with van der Waals surface area (Å²) >= 11 is 0. The van der Waals surface area contributed by atoms with Crippen LogP contribution in [0.2, 0.25) is 0 Å². The molecule has 0 bridgehead atoms. The monoisotopic (exact) mass is 439 g/mol. The normalized spacial score (nSPS) is 22.9. The minimum atomic E-state index is -1.38. The second-order valence-corrected chi connectivity index (χ2v) is 7.78. The van der Waals surface area contributed by atoms with E-state index in [-0.39, 0.29) is 19.6 Å². The summed E-state index contributed by atoms with van der Waals surface area (Å²) in [5, 5.41) is 29.7. The molecule has 4 rings (SSSR count). The molecule has 1 aromatic carbocycles. The van der Waals surface area contributed by atoms with Crippen molar-refractivity contribution in [1.82, 2.24) is 14.1 Å². The van der Waals surface area contributed by atoms with Gasteiger partial charge in [-0.15, -0.1) is 0 Å². The third-order valence-electron chi connectivity index (χ3n) is 5.82. The second kappa shape index (κ2) is 9.17. The minimum absolute atomic E-state index is 0.0591. The number of aromatic nitrogens is 3. The first-order valence-electron chi connectivity index (χ1n) is 10.4. The summed E-state index contributed by atoms with van der Waals surface area (Å²) in [7, 11) is 0. The van der Waals surface area contributed by atoms with Gasteiger partial charge in [-0.25, -0.2) is 4.79 Å². The van der Waals surface area contributed by atoms with Crippen LogP contribution in [0.1, 0.15) is 23.9 Å². The maximum Gasteiger partial charge on any atom is 0.333 e. The molecule has 1 fully saturated rings. The van der Waals surface area contributed by atoms with E-state index in [1.807, 2.05) is 43.3 Å². The molecule has 32 heavy (non-hydrogen) atoms. The maximum absolute atomic E-state index is 13.1. The molecule has 1 saturated heterocycles. The lowest BCUT2D eigenvalue weighted by molar-refractivity contribution is -0.0458. The highest BCUT2D eigenvalue weighted by Gasteiger charge is 2.43. The molecule has 0 saturated carbocycles. The summed E-state index contributed by atoms with van der Waals surface area (Å²) in [5.41, 5.74) is 2.15. The van der Waals surface area contributed by atoms with E-state index in [0.717, 1.165) is 25.8 Å². The minimum Gasteiger partial charge on any atom is -0.396 e. The number of aliphatic hydroxyl groups is 3. The smallest absolute Gasteiger partial charge is 0.333 e. The summed E-state index contributed by atoms with van der Waals surface area (Å²) in [6.45, 7) is 1.59. The molecule has 3 N–H and O–H groups in total. The van der Waals surface area contributed by atoms with Gasteiger partial charge in [-0.1, -0.05) is 30.3 Å². The van der Waals surface area contributed by atoms with E-state index < -0.39 is 35.8 Å². The van der Waals surface area contributed by atoms with E-state index in [4.69, 9.17) is 9.84 Å². The summed E-state index contributed by atoms with van der Waals surface area (Å²) in [6.07, 6.45) is -1.65. The first kappa shape index (κ1) is 22.1. The largest absolute Gasteiger partial charge is 0.396 e. The van der Waals surface area contributed by atoms with E-state index in [1.54, 1.807) is 6.20 Å². The number of pyridine rings is 1. The zero-order valence-electron chi connectivity index (χ0n) is 17.5. The van der Waals surface area contributed by atoms with E-state index in [0.29, 0.717) is 5.69 Å². The molecule has 2 aromatic heterocycles. The lowest BCUT2D eigenvalue weighted by Gasteiger charge is -2.19. The number of ether oxygens (including phenoxy) is 1. The third-order valence-corrected chi connectivity index (χ3v) is 5.82. The van der Waals surface area contributed by atoms with E-state index in [2.05, 4.69) is 4.98 Å². The Balaban J connectivity index is 1.70. The highest BCUT2D eigenvalue weighted by molar-refractivity contribution is 5.67. The lowest BCUT2D eigenvalue weighted by Crippen LogP contribution is -2.43. The molecule has 9 heteroatoms. The molecule has 4 unspecified atom stereocenters. The van der Waals surface area contributed by atoms with Crippen LogP contribution in [-0.2, 0) is 11.3 Å². The fourth-order valence-corrected chi connectivity index (χ4v) is 4.01. The zero-order valence-corrected chi connectivity index (χ0v) is 17.5. The molecule has 3 aromatic rings. The Labute approximate surface area is 183 Å². The van der Waals surface area contributed by atoms with Crippen LogP contribution in [0, 0.1) is 6.92 Å². The van der Waals surface area contributed by atoms with Gasteiger partial charge in [-0.2, -0.15) is 0 Å². The van der Waals surface area contributed by atoms with Crippen molar-refractivity contribution < 1.29 is 20.1 Å². The maximum atomic E-state index is 13.1. The Morgan fingerprint density at radius 3 is 2.53 bits per heavy atom. The molecule has 3 heterocycles. The van der Waals surface area contributed by atoms with Gasteiger partial charge in [0.1, 0.15) is 12.2 Å². The molecule has 1 aliphatic rings. The number of aliphatic hydroxyl groups excluding tert-OH is 3. The standard InChI is InChI=1S/C23H25N3O6/c1-14-16(15-5-3-2-4-6-15)7-10-24-17(14)13-26-19(28)8-11-25(23(26)31)22-21(30)20(29)18(32-22)9-12-27/h2-8,10-11,18,20-22,27,29-30H,9,12-13H2,1H3. The van der Waals surface area contributed by atoms with Crippen molar-refractivity contribution in [2.75, 3.05) is 6.61 Å². The first-order chi connectivity index (χ1) is 15.4. The zero-order chi connectivity index (χ0) is 22.8. The SMILES string of the molecule is Cc1c(-c2ccccc2)ccnc1Cn1c(=O)ccn(C2OC(CCO)C(O)C2O)c1=O. The number of hydrogen-bond donors (Lipinski definition) is 3. The Morgan fingerprint density at radius 1 is 1.06 bits per heavy atom. The van der Waals surface area contributed by atoms with Crippen LogP contribution < -0.4 is 11.2 Å². The van der Waals surface area contributed by atoms with Crippen molar-refractivity contribution in [1.29, 1.82) is 0 Å². The Hall–Kier alpha value is -3.11. The van der Waals surface area contributed by atoms with Gasteiger partial charge in [0.25, 0.3) is 5.56 Å². The topological polar surface area (TPSA) is 127 Å². The Morgan fingerprint density at radius 2 is 1.81 bits per heavy atom. The third kappa shape index (κ3) is 4.03. The van der Waals surface area contributed by atoms with Crippen LogP contribution in [0.25, 0.3) is 11.1 Å². The second-order valence-electron chi connectivity index (χ2n) is 7.78. The fraction of sp³-hybridized carbons (Fsp3) is 0.348. The summed E-state index contributed by atoms with van der Waals surface area (Å²) in [4.78, 5) is 30.0. The van der Waals surface area contributed by atoms with Crippen molar-refractivity contribution in [2.24, 2.45) is 0 Å². The highest BCUT2D eigenvalue weighted by Crippen LogP contribution is 2.30. The molecule has 4 atom stereocenters. The quantitative estimate of drug-likeness (QED) is 0.508. The van der Waals surface area contributed by atoms with Crippen LogP contribution >= 0.6 is 0 Å². The highest BCUT2D eigenvalue weighted by atomic mass is 16.6. The van der Waals surface area contributed by atoms with Crippen molar-refractivity contribution in [2.45, 2.75) is 44.4 Å².